The number of nitriles is 5. The van der Waals surface area contributed by atoms with Gasteiger partial charge in [-0.3, -0.25) is 0 Å². The van der Waals surface area contributed by atoms with Gasteiger partial charge in [-0.1, -0.05) is 18.2 Å². The molecule has 0 bridgehead atoms. The molecule has 3 N–H and O–H groups in total. The molecule has 0 radical (unpaired) electrons. The molecule has 1 aromatic carbocycles. The van der Waals surface area contributed by atoms with Crippen molar-refractivity contribution in [3.63, 3.8) is 0 Å². The van der Waals surface area contributed by atoms with Gasteiger partial charge in [-0.05, 0) is 11.6 Å². The van der Waals surface area contributed by atoms with E-state index in [2.05, 4.69) is 10.6 Å². The molecule has 0 spiro atoms. The molecule has 0 aromatic heterocycles. The zero-order chi connectivity index (χ0) is 18.2. The van der Waals surface area contributed by atoms with Crippen molar-refractivity contribution in [2.24, 2.45) is 11.8 Å². The van der Waals surface area contributed by atoms with Crippen molar-refractivity contribution in [2.45, 2.75) is 11.3 Å². The average Bonchev–Trinajstić information content (AvgIpc) is 3.01. The predicted molar refractivity (Wildman–Crippen MR) is 81.9 cm³/mol. The number of rotatable bonds is 1. The van der Waals surface area contributed by atoms with Gasteiger partial charge in [0.1, 0.15) is 29.0 Å². The van der Waals surface area contributed by atoms with Crippen LogP contribution in [-0.2, 0) is 5.41 Å². The van der Waals surface area contributed by atoms with E-state index < -0.39 is 23.1 Å². The van der Waals surface area contributed by atoms with Gasteiger partial charge in [0.15, 0.2) is 5.92 Å². The van der Waals surface area contributed by atoms with Crippen molar-refractivity contribution in [1.82, 2.24) is 5.32 Å². The first-order chi connectivity index (χ1) is 12.0. The lowest BCUT2D eigenvalue weighted by atomic mass is 9.63. The number of allylic oxidation sites excluding steroid dienone is 2. The third-order valence-corrected chi connectivity index (χ3v) is 4.68. The van der Waals surface area contributed by atoms with Crippen LogP contribution < -0.4 is 10.6 Å². The van der Waals surface area contributed by atoms with Crippen LogP contribution in [0, 0.1) is 68.5 Å². The Labute approximate surface area is 143 Å². The summed E-state index contributed by atoms with van der Waals surface area (Å²) in [6.45, 7) is 0. The number of nitrogens with zero attached hydrogens (tertiary/aromatic N) is 5. The summed E-state index contributed by atoms with van der Waals surface area (Å²) in [7, 11) is 0. The SMILES string of the molecule is N#CC(C#N)=C1N[C@]2(O)Nc3ccccc3[C@@]2(C(C#N)C#N)[C@H]1C#N. The van der Waals surface area contributed by atoms with Crippen LogP contribution in [0.3, 0.4) is 0 Å². The maximum absolute atomic E-state index is 11.2. The number of benzene rings is 1. The summed E-state index contributed by atoms with van der Waals surface area (Å²) in [5, 5.41) is 63.8. The Bertz CT molecular complexity index is 980. The summed E-state index contributed by atoms with van der Waals surface area (Å²) >= 11 is 0. The summed E-state index contributed by atoms with van der Waals surface area (Å²) in [5.74, 6) is -4.75. The molecular formula is C17H9N7O. The molecule has 0 unspecified atom stereocenters. The highest BCUT2D eigenvalue weighted by Crippen LogP contribution is 2.59. The van der Waals surface area contributed by atoms with Gasteiger partial charge in [-0.25, -0.2) is 0 Å². The topological polar surface area (TPSA) is 163 Å². The van der Waals surface area contributed by atoms with E-state index in [0.717, 1.165) is 0 Å². The number of anilines is 1. The Hall–Kier alpha value is -4.03. The molecule has 1 saturated heterocycles. The Morgan fingerprint density at radius 1 is 1.04 bits per heavy atom. The monoisotopic (exact) mass is 327 g/mol. The second-order valence-corrected chi connectivity index (χ2v) is 5.64. The highest BCUT2D eigenvalue weighted by molar-refractivity contribution is 5.69. The maximum atomic E-state index is 11.2. The van der Waals surface area contributed by atoms with Gasteiger partial charge in [-0.15, -0.1) is 0 Å². The van der Waals surface area contributed by atoms with Gasteiger partial charge >= 0.3 is 0 Å². The minimum atomic E-state index is -2.07. The molecule has 2 aliphatic rings. The van der Waals surface area contributed by atoms with Gasteiger partial charge in [0.25, 0.3) is 0 Å². The smallest absolute Gasteiger partial charge is 0.228 e. The summed E-state index contributed by atoms with van der Waals surface area (Å²) in [4.78, 5) is 0. The third-order valence-electron chi connectivity index (χ3n) is 4.68. The lowest BCUT2D eigenvalue weighted by Gasteiger charge is -2.37. The van der Waals surface area contributed by atoms with Gasteiger partial charge in [-0.2, -0.15) is 26.3 Å². The highest BCUT2D eigenvalue weighted by Gasteiger charge is 2.72. The van der Waals surface area contributed by atoms with Crippen LogP contribution in [0.5, 0.6) is 0 Å². The molecule has 2 heterocycles. The normalized spacial score (nSPS) is 28.0. The molecule has 0 aliphatic carbocycles. The van der Waals surface area contributed by atoms with Crippen molar-refractivity contribution in [3.8, 4) is 30.3 Å². The van der Waals surface area contributed by atoms with Gasteiger partial charge in [0, 0.05) is 5.69 Å². The van der Waals surface area contributed by atoms with E-state index in [1.165, 1.54) is 0 Å². The Kier molecular flexibility index (Phi) is 3.33. The predicted octanol–water partition coefficient (Wildman–Crippen LogP) is 0.704. The molecule has 0 amide bonds. The highest BCUT2D eigenvalue weighted by atomic mass is 16.3. The van der Waals surface area contributed by atoms with E-state index >= 15 is 0 Å². The minimum Gasteiger partial charge on any atom is -0.353 e. The number of hydrogen-bond donors (Lipinski definition) is 3. The quantitative estimate of drug-likeness (QED) is 0.634. The zero-order valence-electron chi connectivity index (χ0n) is 12.6. The minimum absolute atomic E-state index is 0.104. The maximum Gasteiger partial charge on any atom is 0.228 e. The fourth-order valence-corrected chi connectivity index (χ4v) is 3.72. The summed E-state index contributed by atoms with van der Waals surface area (Å²) in [6.07, 6.45) is 0. The summed E-state index contributed by atoms with van der Waals surface area (Å²) in [5.41, 5.74) is -1.33. The van der Waals surface area contributed by atoms with E-state index in [-0.39, 0.29) is 11.3 Å². The van der Waals surface area contributed by atoms with Crippen molar-refractivity contribution < 1.29 is 5.11 Å². The molecule has 8 heteroatoms. The lowest BCUT2D eigenvalue weighted by Crippen LogP contribution is -2.60. The van der Waals surface area contributed by atoms with E-state index in [9.17, 15) is 20.9 Å². The first-order valence-corrected chi connectivity index (χ1v) is 7.15. The fourth-order valence-electron chi connectivity index (χ4n) is 3.72. The molecule has 0 saturated carbocycles. The van der Waals surface area contributed by atoms with Gasteiger partial charge in [0.2, 0.25) is 5.85 Å². The second-order valence-electron chi connectivity index (χ2n) is 5.64. The molecule has 8 nitrogen and oxygen atoms in total. The molecule has 25 heavy (non-hydrogen) atoms. The molecule has 2 aliphatic heterocycles. The number of para-hydroxylation sites is 1. The molecular weight excluding hydrogens is 318 g/mol. The molecule has 118 valence electrons. The van der Waals surface area contributed by atoms with Crippen LogP contribution in [0.1, 0.15) is 5.56 Å². The fraction of sp³-hybridized carbons (Fsp3) is 0.235. The zero-order valence-corrected chi connectivity index (χ0v) is 12.6. The Balaban J connectivity index is 2.44. The largest absolute Gasteiger partial charge is 0.353 e. The van der Waals surface area contributed by atoms with Crippen molar-refractivity contribution >= 4 is 5.69 Å². The van der Waals surface area contributed by atoms with Gasteiger partial charge < -0.3 is 15.7 Å². The van der Waals surface area contributed by atoms with Crippen molar-refractivity contribution in [2.75, 3.05) is 5.32 Å². The molecule has 3 atom stereocenters. The number of hydrogen-bond acceptors (Lipinski definition) is 8. The Morgan fingerprint density at radius 2 is 1.68 bits per heavy atom. The van der Waals surface area contributed by atoms with E-state index in [1.807, 2.05) is 18.2 Å². The number of aliphatic hydroxyl groups is 1. The van der Waals surface area contributed by atoms with Gasteiger partial charge in [0.05, 0.1) is 23.9 Å². The van der Waals surface area contributed by atoms with E-state index in [4.69, 9.17) is 10.5 Å². The van der Waals surface area contributed by atoms with Crippen LogP contribution >= 0.6 is 0 Å². The van der Waals surface area contributed by atoms with Crippen LogP contribution in [0.4, 0.5) is 5.69 Å². The first-order valence-electron chi connectivity index (χ1n) is 7.15. The lowest BCUT2D eigenvalue weighted by molar-refractivity contribution is -0.0170. The third kappa shape index (κ3) is 1.68. The van der Waals surface area contributed by atoms with Crippen LogP contribution in [-0.4, -0.2) is 11.0 Å². The standard InChI is InChI=1S/C17H9N7O/c18-5-10(6-19)15-13(9-22)16(11(7-20)8-21)12-3-1-2-4-14(12)23-17(16,25)24-15/h1-4,11,13,23-25H/t13-,16-,17+/m0/s1. The average molecular weight is 327 g/mol. The van der Waals surface area contributed by atoms with Crippen molar-refractivity contribution in [3.05, 3.63) is 41.1 Å². The second kappa shape index (κ2) is 5.26. The molecule has 1 aromatic rings. The van der Waals surface area contributed by atoms with Crippen LogP contribution in [0.15, 0.2) is 35.5 Å². The van der Waals surface area contributed by atoms with E-state index in [1.54, 1.807) is 36.4 Å². The Morgan fingerprint density at radius 3 is 2.24 bits per heavy atom. The van der Waals surface area contributed by atoms with Crippen LogP contribution in [0.25, 0.3) is 0 Å². The first kappa shape index (κ1) is 15.9. The molecule has 1 fully saturated rings. The summed E-state index contributed by atoms with van der Waals surface area (Å²) in [6, 6.07) is 15.6. The number of fused-ring (bicyclic) bond motifs is 3. The van der Waals surface area contributed by atoms with Crippen molar-refractivity contribution in [1.29, 1.82) is 26.3 Å². The summed E-state index contributed by atoms with van der Waals surface area (Å²) < 4.78 is 0. The molecule has 3 rings (SSSR count). The van der Waals surface area contributed by atoms with Crippen LogP contribution in [0.2, 0.25) is 0 Å². The number of nitrogens with one attached hydrogen (secondary N) is 2. The van der Waals surface area contributed by atoms with E-state index in [0.29, 0.717) is 11.3 Å².